The zero-order valence-electron chi connectivity index (χ0n) is 21.4. The maximum absolute atomic E-state index is 12.8. The van der Waals surface area contributed by atoms with Gasteiger partial charge in [0.25, 0.3) is 0 Å². The van der Waals surface area contributed by atoms with E-state index < -0.39 is 5.92 Å². The number of unbranched alkanes of at least 4 members (excludes halogenated alkanes) is 7. The fraction of sp³-hybridized carbons (Fsp3) is 0.926. The predicted molar refractivity (Wildman–Crippen MR) is 130 cm³/mol. The van der Waals surface area contributed by atoms with Crippen molar-refractivity contribution in [2.75, 3.05) is 13.2 Å². The molecule has 0 amide bonds. The molecule has 0 saturated carbocycles. The van der Waals surface area contributed by atoms with E-state index in [1.165, 1.54) is 38.5 Å². The lowest BCUT2D eigenvalue weighted by Crippen LogP contribution is -2.30. The molecule has 0 fully saturated rings. The van der Waals surface area contributed by atoms with E-state index in [9.17, 15) is 9.59 Å². The Morgan fingerprint density at radius 2 is 0.968 bits per heavy atom. The van der Waals surface area contributed by atoms with E-state index in [0.717, 1.165) is 51.4 Å². The minimum Gasteiger partial charge on any atom is -0.465 e. The molecule has 2 atom stereocenters. The van der Waals surface area contributed by atoms with Crippen molar-refractivity contribution in [1.29, 1.82) is 0 Å². The van der Waals surface area contributed by atoms with Crippen LogP contribution in [0.25, 0.3) is 0 Å². The molecule has 0 aliphatic carbocycles. The number of hydrogen-bond acceptors (Lipinski definition) is 4. The second-order valence-corrected chi connectivity index (χ2v) is 9.20. The lowest BCUT2D eigenvalue weighted by atomic mass is 9.99. The van der Waals surface area contributed by atoms with Crippen molar-refractivity contribution in [3.05, 3.63) is 0 Å². The molecule has 0 aromatic carbocycles. The van der Waals surface area contributed by atoms with E-state index in [0.29, 0.717) is 31.5 Å². The Labute approximate surface area is 193 Å². The highest BCUT2D eigenvalue weighted by atomic mass is 16.6. The molecule has 31 heavy (non-hydrogen) atoms. The highest BCUT2D eigenvalue weighted by molar-refractivity contribution is 5.94. The van der Waals surface area contributed by atoms with Crippen LogP contribution in [-0.2, 0) is 19.1 Å². The Bertz CT molecular complexity index is 405. The summed E-state index contributed by atoms with van der Waals surface area (Å²) in [6.45, 7) is 11.6. The summed E-state index contributed by atoms with van der Waals surface area (Å²) in [7, 11) is 0. The predicted octanol–water partition coefficient (Wildman–Crippen LogP) is 7.87. The van der Waals surface area contributed by atoms with Gasteiger partial charge in [0.1, 0.15) is 0 Å². The fourth-order valence-corrected chi connectivity index (χ4v) is 4.04. The molecule has 0 heterocycles. The first-order chi connectivity index (χ1) is 15.0. The van der Waals surface area contributed by atoms with Crippen molar-refractivity contribution in [2.24, 2.45) is 17.8 Å². The monoisotopic (exact) mass is 440 g/mol. The van der Waals surface area contributed by atoms with Crippen LogP contribution in [0.5, 0.6) is 0 Å². The largest absolute Gasteiger partial charge is 0.465 e. The Morgan fingerprint density at radius 1 is 0.548 bits per heavy atom. The summed E-state index contributed by atoms with van der Waals surface area (Å²) in [6, 6.07) is 0. The van der Waals surface area contributed by atoms with Gasteiger partial charge in [0.05, 0.1) is 13.2 Å². The van der Waals surface area contributed by atoms with Crippen LogP contribution >= 0.6 is 0 Å². The second-order valence-electron chi connectivity index (χ2n) is 9.20. The van der Waals surface area contributed by atoms with Crippen molar-refractivity contribution in [1.82, 2.24) is 0 Å². The molecular weight excluding hydrogens is 388 g/mol. The Kier molecular flexibility index (Phi) is 20.1. The summed E-state index contributed by atoms with van der Waals surface area (Å²) in [5.74, 6) is -0.777. The van der Waals surface area contributed by atoms with Crippen LogP contribution in [-0.4, -0.2) is 25.2 Å². The number of ether oxygens (including phenoxy) is 2. The van der Waals surface area contributed by atoms with Gasteiger partial charge in [-0.25, -0.2) is 0 Å². The molecule has 0 saturated heterocycles. The van der Waals surface area contributed by atoms with Gasteiger partial charge in [0.15, 0.2) is 5.92 Å². The third-order valence-electron chi connectivity index (χ3n) is 6.39. The van der Waals surface area contributed by atoms with E-state index in [1.807, 2.05) is 0 Å². The van der Waals surface area contributed by atoms with Gasteiger partial charge in [0, 0.05) is 0 Å². The molecule has 2 unspecified atom stereocenters. The molecule has 4 heteroatoms. The first kappa shape index (κ1) is 29.9. The van der Waals surface area contributed by atoms with E-state index >= 15 is 0 Å². The van der Waals surface area contributed by atoms with Crippen LogP contribution in [0, 0.1) is 17.8 Å². The molecule has 0 spiro atoms. The zero-order chi connectivity index (χ0) is 23.3. The van der Waals surface area contributed by atoms with Crippen LogP contribution in [0.3, 0.4) is 0 Å². The number of hydrogen-bond donors (Lipinski definition) is 0. The van der Waals surface area contributed by atoms with Crippen molar-refractivity contribution >= 4 is 11.9 Å². The summed E-state index contributed by atoms with van der Waals surface area (Å²) in [4.78, 5) is 25.5. The topological polar surface area (TPSA) is 52.6 Å². The number of carbonyl (C=O) groups is 2. The van der Waals surface area contributed by atoms with E-state index in [2.05, 4.69) is 34.6 Å². The third kappa shape index (κ3) is 15.4. The van der Waals surface area contributed by atoms with E-state index in [1.54, 1.807) is 0 Å². The lowest BCUT2D eigenvalue weighted by Gasteiger charge is -2.20. The van der Waals surface area contributed by atoms with Gasteiger partial charge in [-0.1, -0.05) is 112 Å². The minimum absolute atomic E-state index is 0.378. The SMILES string of the molecule is CCCCCCCCCCC(C(=O)OCC(CC)CCC)C(=O)OCC(CC)CCC. The average Bonchev–Trinajstić information content (AvgIpc) is 2.77. The number of rotatable bonds is 21. The molecule has 0 rings (SSSR count). The van der Waals surface area contributed by atoms with Gasteiger partial charge in [0.2, 0.25) is 0 Å². The Morgan fingerprint density at radius 3 is 1.35 bits per heavy atom. The van der Waals surface area contributed by atoms with E-state index in [4.69, 9.17) is 9.47 Å². The molecule has 184 valence electrons. The molecule has 0 aliphatic rings. The van der Waals surface area contributed by atoms with Crippen LogP contribution in [0.1, 0.15) is 131 Å². The summed E-state index contributed by atoms with van der Waals surface area (Å²) < 4.78 is 11.2. The minimum atomic E-state index is -0.765. The highest BCUT2D eigenvalue weighted by Crippen LogP contribution is 2.19. The van der Waals surface area contributed by atoms with E-state index in [-0.39, 0.29) is 11.9 Å². The molecule has 0 aromatic rings. The smallest absolute Gasteiger partial charge is 0.320 e. The number of esters is 2. The molecule has 0 aliphatic heterocycles. The molecule has 0 aromatic heterocycles. The summed E-state index contributed by atoms with van der Waals surface area (Å²) in [5.41, 5.74) is 0. The summed E-state index contributed by atoms with van der Waals surface area (Å²) >= 11 is 0. The fourth-order valence-electron chi connectivity index (χ4n) is 4.04. The van der Waals surface area contributed by atoms with Crippen molar-refractivity contribution < 1.29 is 19.1 Å². The van der Waals surface area contributed by atoms with Gasteiger partial charge in [-0.15, -0.1) is 0 Å². The maximum atomic E-state index is 12.8. The molecular formula is C27H52O4. The Balaban J connectivity index is 4.64. The zero-order valence-corrected chi connectivity index (χ0v) is 21.4. The second kappa shape index (κ2) is 20.8. The first-order valence-electron chi connectivity index (χ1n) is 13.4. The molecule has 0 radical (unpaired) electrons. The summed E-state index contributed by atoms with van der Waals surface area (Å²) in [6.07, 6.45) is 16.3. The van der Waals surface area contributed by atoms with Crippen LogP contribution < -0.4 is 0 Å². The summed E-state index contributed by atoms with van der Waals surface area (Å²) in [5, 5.41) is 0. The van der Waals surface area contributed by atoms with Crippen molar-refractivity contribution in [2.45, 2.75) is 131 Å². The number of carbonyl (C=O) groups excluding carboxylic acids is 2. The highest BCUT2D eigenvalue weighted by Gasteiger charge is 2.30. The van der Waals surface area contributed by atoms with Crippen molar-refractivity contribution in [3.8, 4) is 0 Å². The van der Waals surface area contributed by atoms with Gasteiger partial charge < -0.3 is 9.47 Å². The quantitative estimate of drug-likeness (QED) is 0.103. The third-order valence-corrected chi connectivity index (χ3v) is 6.39. The van der Waals surface area contributed by atoms with Crippen LogP contribution in [0.4, 0.5) is 0 Å². The standard InChI is InChI=1S/C27H52O4/c1-6-11-12-13-14-15-16-17-20-25(26(28)30-21-23(9-4)18-7-2)27(29)31-22-24(10-5)19-8-3/h23-25H,6-22H2,1-5H3. The molecule has 0 N–H and O–H groups in total. The van der Waals surface area contributed by atoms with Gasteiger partial charge in [-0.05, 0) is 31.1 Å². The molecule has 0 bridgehead atoms. The Hall–Kier alpha value is -1.06. The van der Waals surface area contributed by atoms with Gasteiger partial charge >= 0.3 is 11.9 Å². The molecule has 4 nitrogen and oxygen atoms in total. The van der Waals surface area contributed by atoms with Gasteiger partial charge in [-0.3, -0.25) is 9.59 Å². The van der Waals surface area contributed by atoms with Crippen molar-refractivity contribution in [3.63, 3.8) is 0 Å². The normalized spacial score (nSPS) is 14.1. The van der Waals surface area contributed by atoms with Crippen LogP contribution in [0.15, 0.2) is 0 Å². The average molecular weight is 441 g/mol. The van der Waals surface area contributed by atoms with Gasteiger partial charge in [-0.2, -0.15) is 0 Å². The lowest BCUT2D eigenvalue weighted by molar-refractivity contribution is -0.164. The first-order valence-corrected chi connectivity index (χ1v) is 13.4. The van der Waals surface area contributed by atoms with Crippen LogP contribution in [0.2, 0.25) is 0 Å². The maximum Gasteiger partial charge on any atom is 0.320 e.